The Morgan fingerprint density at radius 1 is 1.26 bits per heavy atom. The van der Waals surface area contributed by atoms with Gasteiger partial charge >= 0.3 is 6.03 Å². The van der Waals surface area contributed by atoms with Gasteiger partial charge in [-0.2, -0.15) is 0 Å². The fourth-order valence-corrected chi connectivity index (χ4v) is 3.52. The monoisotopic (exact) mass is 330 g/mol. The van der Waals surface area contributed by atoms with E-state index in [0.717, 1.165) is 0 Å². The van der Waals surface area contributed by atoms with Crippen LogP contribution in [0.2, 0.25) is 0 Å². The summed E-state index contributed by atoms with van der Waals surface area (Å²) in [6, 6.07) is -0.579. The highest BCUT2D eigenvalue weighted by Crippen LogP contribution is 2.51. The number of carbonyl (C=O) groups excluding carboxylic acids is 1. The second kappa shape index (κ2) is 5.13. The van der Waals surface area contributed by atoms with Crippen LogP contribution in [0.15, 0.2) is 12.3 Å². The summed E-state index contributed by atoms with van der Waals surface area (Å²) < 4.78 is 17.7. The van der Waals surface area contributed by atoms with Crippen molar-refractivity contribution in [2.75, 3.05) is 13.2 Å². The topological polar surface area (TPSA) is 121 Å². The van der Waals surface area contributed by atoms with E-state index in [4.69, 9.17) is 14.2 Å². The molecule has 3 rings (SSSR count). The molecule has 0 aromatic rings. The largest absolute Gasteiger partial charge is 0.393 e. The minimum absolute atomic E-state index is 0.499. The number of urea groups is 1. The van der Waals surface area contributed by atoms with E-state index in [2.05, 4.69) is 5.32 Å². The number of ether oxygens (including phenoxy) is 3. The molecular formula is C14H22N2O7. The maximum absolute atomic E-state index is 12.2. The highest BCUT2D eigenvalue weighted by molar-refractivity contribution is 5.77. The third-order valence-corrected chi connectivity index (χ3v) is 4.43. The average molecular weight is 330 g/mol. The first-order chi connectivity index (χ1) is 10.7. The molecule has 2 fully saturated rings. The predicted molar refractivity (Wildman–Crippen MR) is 75.7 cm³/mol. The lowest BCUT2D eigenvalue weighted by Crippen LogP contribution is -2.57. The Labute approximate surface area is 133 Å². The van der Waals surface area contributed by atoms with Gasteiger partial charge in [-0.3, -0.25) is 4.90 Å². The lowest BCUT2D eigenvalue weighted by Gasteiger charge is -2.37. The van der Waals surface area contributed by atoms with Gasteiger partial charge in [0.05, 0.1) is 13.2 Å². The van der Waals surface area contributed by atoms with Gasteiger partial charge in [0.15, 0.2) is 12.0 Å². The van der Waals surface area contributed by atoms with Gasteiger partial charge in [-0.05, 0) is 26.8 Å². The summed E-state index contributed by atoms with van der Waals surface area (Å²) in [5.41, 5.74) is -2.52. The normalized spacial score (nSPS) is 41.0. The van der Waals surface area contributed by atoms with Crippen LogP contribution in [0, 0.1) is 0 Å². The van der Waals surface area contributed by atoms with Gasteiger partial charge in [0.1, 0.15) is 23.5 Å². The van der Waals surface area contributed by atoms with Crippen molar-refractivity contribution in [1.82, 2.24) is 10.2 Å². The number of nitrogens with one attached hydrogen (secondary N) is 1. The summed E-state index contributed by atoms with van der Waals surface area (Å²) in [4.78, 5) is 13.4. The van der Waals surface area contributed by atoms with Crippen LogP contribution in [0.4, 0.5) is 4.79 Å². The number of hydrogen-bond acceptors (Lipinski definition) is 7. The van der Waals surface area contributed by atoms with Crippen molar-refractivity contribution in [2.45, 2.75) is 56.3 Å². The van der Waals surface area contributed by atoms with Crippen molar-refractivity contribution in [2.24, 2.45) is 0 Å². The maximum atomic E-state index is 12.2. The van der Waals surface area contributed by atoms with Crippen molar-refractivity contribution >= 4 is 6.03 Å². The summed E-state index contributed by atoms with van der Waals surface area (Å²) in [6.45, 7) is 4.13. The molecule has 4 atom stereocenters. The van der Waals surface area contributed by atoms with Crippen LogP contribution in [-0.2, 0) is 14.2 Å². The molecule has 0 spiro atoms. The zero-order valence-corrected chi connectivity index (χ0v) is 13.2. The smallest absolute Gasteiger partial charge is 0.325 e. The third kappa shape index (κ3) is 2.35. The molecule has 4 unspecified atom stereocenters. The van der Waals surface area contributed by atoms with Crippen LogP contribution in [0.25, 0.3) is 0 Å². The van der Waals surface area contributed by atoms with E-state index in [1.165, 1.54) is 17.2 Å². The Morgan fingerprint density at radius 2 is 1.91 bits per heavy atom. The Hall–Kier alpha value is -1.23. The molecule has 2 amide bonds. The number of hydrogen-bond donors (Lipinski definition) is 4. The molecule has 4 N–H and O–H groups in total. The van der Waals surface area contributed by atoms with Gasteiger partial charge in [-0.15, -0.1) is 0 Å². The number of carbonyl (C=O) groups is 1. The summed E-state index contributed by atoms with van der Waals surface area (Å²) in [7, 11) is 0. The highest BCUT2D eigenvalue weighted by Gasteiger charge is 2.71. The maximum Gasteiger partial charge on any atom is 0.325 e. The van der Waals surface area contributed by atoms with E-state index in [1.807, 2.05) is 0 Å². The lowest BCUT2D eigenvalue weighted by molar-refractivity contribution is -0.245. The van der Waals surface area contributed by atoms with E-state index >= 15 is 0 Å². The zero-order chi connectivity index (χ0) is 17.0. The van der Waals surface area contributed by atoms with Gasteiger partial charge < -0.3 is 34.8 Å². The van der Waals surface area contributed by atoms with E-state index in [0.29, 0.717) is 0 Å². The Bertz CT molecular complexity index is 533. The summed E-state index contributed by atoms with van der Waals surface area (Å²) >= 11 is 0. The number of nitrogens with zero attached hydrogens (tertiary/aromatic N) is 1. The molecule has 0 aromatic carbocycles. The number of fused-ring (bicyclic) bond motifs is 1. The van der Waals surface area contributed by atoms with Gasteiger partial charge in [0.25, 0.3) is 0 Å². The fraction of sp³-hybridized carbons (Fsp3) is 0.786. The molecule has 9 heteroatoms. The first-order valence-electron chi connectivity index (χ1n) is 7.40. The first kappa shape index (κ1) is 16.6. The number of amides is 2. The molecule has 3 aliphatic rings. The van der Waals surface area contributed by atoms with Crippen molar-refractivity contribution in [3.05, 3.63) is 12.3 Å². The standard InChI is InChI=1S/C14H22N2O7/c1-12(2)21-9-13(3,23-12)10(22-14(9,6-17)7-18)16-5-4-8(19)15-11(16)20/h4-5,8-10,17-19H,6-7H2,1-3H3,(H,15,20). The van der Waals surface area contributed by atoms with Crippen LogP contribution in [-0.4, -0.2) is 75.0 Å². The van der Waals surface area contributed by atoms with Crippen molar-refractivity contribution in [3.63, 3.8) is 0 Å². The Balaban J connectivity index is 2.01. The second-order valence-corrected chi connectivity index (χ2v) is 6.68. The van der Waals surface area contributed by atoms with Crippen molar-refractivity contribution in [3.8, 4) is 0 Å². The number of aliphatic hydroxyl groups is 3. The highest BCUT2D eigenvalue weighted by atomic mass is 16.8. The van der Waals surface area contributed by atoms with Gasteiger partial charge in [0, 0.05) is 6.20 Å². The molecule has 3 heterocycles. The average Bonchev–Trinajstić information content (AvgIpc) is 2.84. The number of aliphatic hydroxyl groups excluding tert-OH is 3. The van der Waals surface area contributed by atoms with Gasteiger partial charge in [-0.1, -0.05) is 0 Å². The lowest BCUT2D eigenvalue weighted by atomic mass is 9.88. The molecule has 130 valence electrons. The zero-order valence-electron chi connectivity index (χ0n) is 13.2. The molecular weight excluding hydrogens is 308 g/mol. The van der Waals surface area contributed by atoms with Crippen molar-refractivity contribution < 1.29 is 34.3 Å². The first-order valence-corrected chi connectivity index (χ1v) is 7.40. The SMILES string of the molecule is CC1(C)OC2C(CO)(CO)OC(N3C=CC(O)NC3=O)C2(C)O1. The summed E-state index contributed by atoms with van der Waals surface area (Å²) in [5, 5.41) is 31.3. The Kier molecular flexibility index (Phi) is 3.71. The summed E-state index contributed by atoms with van der Waals surface area (Å²) in [5.74, 6) is -0.966. The quantitative estimate of drug-likeness (QED) is 0.515. The van der Waals surface area contributed by atoms with Crippen LogP contribution >= 0.6 is 0 Å². The van der Waals surface area contributed by atoms with Gasteiger partial charge in [-0.25, -0.2) is 4.79 Å². The molecule has 9 nitrogen and oxygen atoms in total. The molecule has 23 heavy (non-hydrogen) atoms. The van der Waals surface area contributed by atoms with Crippen LogP contribution < -0.4 is 5.32 Å². The molecule has 0 radical (unpaired) electrons. The van der Waals surface area contributed by atoms with E-state index < -0.39 is 54.8 Å². The van der Waals surface area contributed by atoms with Crippen LogP contribution in [0.1, 0.15) is 20.8 Å². The van der Waals surface area contributed by atoms with Crippen LogP contribution in [0.5, 0.6) is 0 Å². The molecule has 0 saturated carbocycles. The van der Waals surface area contributed by atoms with Gasteiger partial charge in [0.2, 0.25) is 0 Å². The summed E-state index contributed by atoms with van der Waals surface area (Å²) in [6.07, 6.45) is -0.0467. The van der Waals surface area contributed by atoms with E-state index in [9.17, 15) is 20.1 Å². The third-order valence-electron chi connectivity index (χ3n) is 4.43. The molecule has 0 aliphatic carbocycles. The molecule has 2 saturated heterocycles. The Morgan fingerprint density at radius 3 is 2.48 bits per heavy atom. The fourth-order valence-electron chi connectivity index (χ4n) is 3.52. The molecule has 3 aliphatic heterocycles. The minimum Gasteiger partial charge on any atom is -0.393 e. The van der Waals surface area contributed by atoms with Crippen molar-refractivity contribution in [1.29, 1.82) is 0 Å². The second-order valence-electron chi connectivity index (χ2n) is 6.68. The minimum atomic E-state index is -1.41. The molecule has 0 aromatic heterocycles. The van der Waals surface area contributed by atoms with E-state index in [-0.39, 0.29) is 0 Å². The van der Waals surface area contributed by atoms with Crippen LogP contribution in [0.3, 0.4) is 0 Å². The molecule has 0 bridgehead atoms. The predicted octanol–water partition coefficient (Wildman–Crippen LogP) is -1.17. The van der Waals surface area contributed by atoms with E-state index in [1.54, 1.807) is 20.8 Å². The number of rotatable bonds is 3.